The Morgan fingerprint density at radius 3 is 1.59 bits per heavy atom. The summed E-state index contributed by atoms with van der Waals surface area (Å²) in [5.41, 5.74) is 11.2. The first-order chi connectivity index (χ1) is 14.3. The lowest BCUT2D eigenvalue weighted by molar-refractivity contribution is -0.131. The van der Waals surface area contributed by atoms with Crippen LogP contribution in [0.4, 0.5) is 0 Å². The molecule has 4 N–H and O–H groups in total. The fraction of sp³-hybridized carbons (Fsp3) is 0.880. The molecule has 172 valence electrons. The first-order valence-corrected chi connectivity index (χ1v) is 12.6. The zero-order valence-corrected chi connectivity index (χ0v) is 19.5. The van der Waals surface area contributed by atoms with E-state index >= 15 is 0 Å². The lowest BCUT2D eigenvalue weighted by atomic mass is 10.1. The van der Waals surface area contributed by atoms with Gasteiger partial charge in [0.1, 0.15) is 0 Å². The standard InChI is InChI=1S/C25H51N3O/c1-2-3-4-5-6-7-8-9-10-11-12-13-14-15-16-17-20-25(29)28(23-18-21-26)24-19-22-27/h10-11H,2-9,12-24,26-27H2,1H3/b11-10-. The van der Waals surface area contributed by atoms with Crippen LogP contribution in [0.15, 0.2) is 12.2 Å². The van der Waals surface area contributed by atoms with Gasteiger partial charge in [0.15, 0.2) is 0 Å². The van der Waals surface area contributed by atoms with Crippen molar-refractivity contribution in [2.24, 2.45) is 11.5 Å². The number of carbonyl (C=O) groups excluding carboxylic acids is 1. The number of rotatable bonds is 22. The van der Waals surface area contributed by atoms with Crippen LogP contribution in [0.2, 0.25) is 0 Å². The van der Waals surface area contributed by atoms with Crippen molar-refractivity contribution in [2.75, 3.05) is 26.2 Å². The van der Waals surface area contributed by atoms with Crippen molar-refractivity contribution in [3.05, 3.63) is 12.2 Å². The van der Waals surface area contributed by atoms with Gasteiger partial charge in [0, 0.05) is 19.5 Å². The first kappa shape index (κ1) is 28.1. The van der Waals surface area contributed by atoms with Gasteiger partial charge in [0.2, 0.25) is 5.91 Å². The van der Waals surface area contributed by atoms with Crippen LogP contribution in [-0.2, 0) is 4.79 Å². The molecule has 0 aliphatic carbocycles. The van der Waals surface area contributed by atoms with E-state index in [-0.39, 0.29) is 5.91 Å². The zero-order valence-electron chi connectivity index (χ0n) is 19.5. The highest BCUT2D eigenvalue weighted by molar-refractivity contribution is 5.76. The molecule has 0 fully saturated rings. The molecule has 4 nitrogen and oxygen atoms in total. The SMILES string of the molecule is CCCCCCCCC/C=C\CCCCCCCC(=O)N(CCCN)CCCN. The Labute approximate surface area is 181 Å². The molecule has 0 unspecified atom stereocenters. The van der Waals surface area contributed by atoms with Crippen molar-refractivity contribution in [3.63, 3.8) is 0 Å². The monoisotopic (exact) mass is 409 g/mol. The maximum atomic E-state index is 12.3. The second-order valence-electron chi connectivity index (χ2n) is 8.35. The summed E-state index contributed by atoms with van der Waals surface area (Å²) in [5, 5.41) is 0. The van der Waals surface area contributed by atoms with Crippen molar-refractivity contribution in [3.8, 4) is 0 Å². The van der Waals surface area contributed by atoms with Crippen LogP contribution in [-0.4, -0.2) is 37.0 Å². The molecule has 0 spiro atoms. The van der Waals surface area contributed by atoms with Gasteiger partial charge in [-0.1, -0.05) is 76.9 Å². The Morgan fingerprint density at radius 2 is 1.10 bits per heavy atom. The van der Waals surface area contributed by atoms with Crippen molar-refractivity contribution in [1.29, 1.82) is 0 Å². The van der Waals surface area contributed by atoms with Crippen molar-refractivity contribution in [1.82, 2.24) is 4.90 Å². The number of unbranched alkanes of at least 4 members (excludes halogenated alkanes) is 12. The molecule has 29 heavy (non-hydrogen) atoms. The lowest BCUT2D eigenvalue weighted by Crippen LogP contribution is -2.34. The van der Waals surface area contributed by atoms with Crippen LogP contribution in [0, 0.1) is 0 Å². The summed E-state index contributed by atoms with van der Waals surface area (Å²) in [4.78, 5) is 14.3. The molecule has 0 heterocycles. The van der Waals surface area contributed by atoms with E-state index < -0.39 is 0 Å². The summed E-state index contributed by atoms with van der Waals surface area (Å²) in [7, 11) is 0. The quantitative estimate of drug-likeness (QED) is 0.172. The van der Waals surface area contributed by atoms with Crippen LogP contribution >= 0.6 is 0 Å². The van der Waals surface area contributed by atoms with Gasteiger partial charge >= 0.3 is 0 Å². The Balaban J connectivity index is 3.49. The van der Waals surface area contributed by atoms with Gasteiger partial charge in [0.05, 0.1) is 0 Å². The Kier molecular flexibility index (Phi) is 22.7. The molecule has 0 radical (unpaired) electrons. The van der Waals surface area contributed by atoms with Crippen LogP contribution in [0.3, 0.4) is 0 Å². The maximum absolute atomic E-state index is 12.3. The molecule has 0 aromatic rings. The zero-order chi connectivity index (χ0) is 21.4. The molecule has 4 heteroatoms. The normalized spacial score (nSPS) is 11.4. The molecule has 0 bridgehead atoms. The number of hydrogen-bond donors (Lipinski definition) is 2. The third kappa shape index (κ3) is 20.2. The Hall–Kier alpha value is -0.870. The molecule has 0 aliphatic heterocycles. The minimum Gasteiger partial charge on any atom is -0.343 e. The van der Waals surface area contributed by atoms with Crippen LogP contribution in [0.5, 0.6) is 0 Å². The molecule has 0 atom stereocenters. The highest BCUT2D eigenvalue weighted by Crippen LogP contribution is 2.11. The van der Waals surface area contributed by atoms with E-state index in [0.29, 0.717) is 19.5 Å². The summed E-state index contributed by atoms with van der Waals surface area (Å²) < 4.78 is 0. The van der Waals surface area contributed by atoms with Gasteiger partial charge in [0.25, 0.3) is 0 Å². The van der Waals surface area contributed by atoms with E-state index in [9.17, 15) is 4.79 Å². The summed E-state index contributed by atoms with van der Waals surface area (Å²) in [6.07, 6.45) is 25.3. The van der Waals surface area contributed by atoms with E-state index in [4.69, 9.17) is 11.5 Å². The van der Waals surface area contributed by atoms with E-state index in [2.05, 4.69) is 19.1 Å². The highest BCUT2D eigenvalue weighted by atomic mass is 16.2. The van der Waals surface area contributed by atoms with Gasteiger partial charge in [-0.15, -0.1) is 0 Å². The van der Waals surface area contributed by atoms with Gasteiger partial charge in [-0.05, 0) is 58.0 Å². The molecule has 0 aliphatic rings. The summed E-state index contributed by atoms with van der Waals surface area (Å²) in [5.74, 6) is 0.278. The largest absolute Gasteiger partial charge is 0.343 e. The highest BCUT2D eigenvalue weighted by Gasteiger charge is 2.11. The van der Waals surface area contributed by atoms with Crippen molar-refractivity contribution in [2.45, 2.75) is 116 Å². The number of nitrogens with zero attached hydrogens (tertiary/aromatic N) is 1. The third-order valence-corrected chi connectivity index (χ3v) is 5.52. The molecule has 1 amide bonds. The predicted molar refractivity (Wildman–Crippen MR) is 128 cm³/mol. The molecular formula is C25H51N3O. The smallest absolute Gasteiger partial charge is 0.222 e. The fourth-order valence-corrected chi connectivity index (χ4v) is 3.61. The van der Waals surface area contributed by atoms with Crippen LogP contribution in [0.25, 0.3) is 0 Å². The molecule has 0 aromatic heterocycles. The van der Waals surface area contributed by atoms with E-state index in [1.54, 1.807) is 0 Å². The second-order valence-corrected chi connectivity index (χ2v) is 8.35. The summed E-state index contributed by atoms with van der Waals surface area (Å²) in [6.45, 7) is 5.11. The minimum atomic E-state index is 0.278. The number of carbonyl (C=O) groups is 1. The Bertz CT molecular complexity index is 363. The average molecular weight is 410 g/mol. The van der Waals surface area contributed by atoms with E-state index in [0.717, 1.165) is 38.8 Å². The molecule has 0 rings (SSSR count). The van der Waals surface area contributed by atoms with Gasteiger partial charge in [-0.25, -0.2) is 0 Å². The summed E-state index contributed by atoms with van der Waals surface area (Å²) >= 11 is 0. The van der Waals surface area contributed by atoms with E-state index in [1.807, 2.05) is 4.90 Å². The van der Waals surface area contributed by atoms with E-state index in [1.165, 1.54) is 77.0 Å². The molecular weight excluding hydrogens is 358 g/mol. The molecule has 0 aromatic carbocycles. The number of allylic oxidation sites excluding steroid dienone is 2. The lowest BCUT2D eigenvalue weighted by Gasteiger charge is -2.22. The van der Waals surface area contributed by atoms with Gasteiger partial charge in [-0.3, -0.25) is 4.79 Å². The fourth-order valence-electron chi connectivity index (χ4n) is 3.61. The molecule has 0 saturated carbocycles. The topological polar surface area (TPSA) is 72.3 Å². The number of hydrogen-bond acceptors (Lipinski definition) is 3. The van der Waals surface area contributed by atoms with Gasteiger partial charge < -0.3 is 16.4 Å². The Morgan fingerprint density at radius 1 is 0.655 bits per heavy atom. The van der Waals surface area contributed by atoms with Crippen molar-refractivity contribution < 1.29 is 4.79 Å². The van der Waals surface area contributed by atoms with Crippen molar-refractivity contribution >= 4 is 5.91 Å². The number of nitrogens with two attached hydrogens (primary N) is 2. The van der Waals surface area contributed by atoms with Crippen LogP contribution in [0.1, 0.15) is 116 Å². The minimum absolute atomic E-state index is 0.278. The molecule has 0 saturated heterocycles. The predicted octanol–water partition coefficient (Wildman–Crippen LogP) is 5.94. The van der Waals surface area contributed by atoms with Crippen LogP contribution < -0.4 is 11.5 Å². The average Bonchev–Trinajstić information content (AvgIpc) is 2.73. The summed E-state index contributed by atoms with van der Waals surface area (Å²) in [6, 6.07) is 0. The third-order valence-electron chi connectivity index (χ3n) is 5.52. The first-order valence-electron chi connectivity index (χ1n) is 12.6. The maximum Gasteiger partial charge on any atom is 0.222 e. The second kappa shape index (κ2) is 23.4. The van der Waals surface area contributed by atoms with Gasteiger partial charge in [-0.2, -0.15) is 0 Å². The number of amides is 1.